The van der Waals surface area contributed by atoms with E-state index in [1.165, 1.54) is 5.56 Å². The Kier molecular flexibility index (Phi) is 5.16. The van der Waals surface area contributed by atoms with Gasteiger partial charge >= 0.3 is 5.97 Å². The molecule has 0 amide bonds. The van der Waals surface area contributed by atoms with Crippen LogP contribution in [-0.2, 0) is 11.2 Å². The van der Waals surface area contributed by atoms with E-state index in [4.69, 9.17) is 9.47 Å². The Morgan fingerprint density at radius 2 is 1.92 bits per heavy atom. The Hall–Kier alpha value is -2.95. The number of para-hydroxylation sites is 1. The molecule has 0 aliphatic carbocycles. The summed E-state index contributed by atoms with van der Waals surface area (Å²) in [6, 6.07) is 11.7. The number of benzene rings is 2. The Morgan fingerprint density at radius 3 is 2.58 bits per heavy atom. The van der Waals surface area contributed by atoms with Crippen molar-refractivity contribution in [3.8, 4) is 11.5 Å². The van der Waals surface area contributed by atoms with Crippen LogP contribution in [0.3, 0.4) is 0 Å². The fraction of sp³-hybridized carbons (Fsp3) is 0.286. The predicted molar refractivity (Wildman–Crippen MR) is 101 cm³/mol. The molecule has 3 rings (SSSR count). The van der Waals surface area contributed by atoms with Crippen molar-refractivity contribution in [2.45, 2.75) is 25.7 Å². The second kappa shape index (κ2) is 7.52. The zero-order valence-corrected chi connectivity index (χ0v) is 15.2. The molecule has 1 heterocycles. The topological polar surface area (TPSA) is 71.6 Å². The molecular formula is C21H23NO4. The second-order valence-electron chi connectivity index (χ2n) is 6.20. The van der Waals surface area contributed by atoms with Crippen molar-refractivity contribution < 1.29 is 19.4 Å². The van der Waals surface area contributed by atoms with Gasteiger partial charge in [0.1, 0.15) is 0 Å². The normalized spacial score (nSPS) is 12.1. The molecule has 5 nitrogen and oxygen atoms in total. The lowest BCUT2D eigenvalue weighted by Gasteiger charge is -2.17. The van der Waals surface area contributed by atoms with Gasteiger partial charge in [0.15, 0.2) is 11.5 Å². The molecule has 0 fully saturated rings. The highest BCUT2D eigenvalue weighted by atomic mass is 16.5. The minimum Gasteiger partial charge on any atom is -0.493 e. The van der Waals surface area contributed by atoms with Gasteiger partial charge < -0.3 is 19.6 Å². The fourth-order valence-electron chi connectivity index (χ4n) is 3.47. The van der Waals surface area contributed by atoms with E-state index >= 15 is 0 Å². The van der Waals surface area contributed by atoms with Crippen LogP contribution in [0.15, 0.2) is 42.6 Å². The number of hydrogen-bond donors (Lipinski definition) is 2. The van der Waals surface area contributed by atoms with Crippen molar-refractivity contribution in [3.63, 3.8) is 0 Å². The van der Waals surface area contributed by atoms with Crippen molar-refractivity contribution >= 4 is 16.9 Å². The third-order valence-electron chi connectivity index (χ3n) is 4.78. The van der Waals surface area contributed by atoms with Gasteiger partial charge in [-0.15, -0.1) is 0 Å². The number of aromatic amines is 1. The van der Waals surface area contributed by atoms with Crippen molar-refractivity contribution in [1.29, 1.82) is 0 Å². The first-order valence-corrected chi connectivity index (χ1v) is 8.61. The quantitative estimate of drug-likeness (QED) is 0.662. The van der Waals surface area contributed by atoms with Crippen molar-refractivity contribution in [1.82, 2.24) is 4.98 Å². The van der Waals surface area contributed by atoms with Crippen LogP contribution in [0.2, 0.25) is 0 Å². The number of ether oxygens (including phenoxy) is 2. The Morgan fingerprint density at radius 1 is 1.15 bits per heavy atom. The van der Waals surface area contributed by atoms with E-state index in [0.29, 0.717) is 11.5 Å². The predicted octanol–water partition coefficient (Wildman–Crippen LogP) is 4.35. The number of nitrogens with one attached hydrogen (secondary N) is 1. The first-order valence-electron chi connectivity index (χ1n) is 8.61. The van der Waals surface area contributed by atoms with Crippen LogP contribution in [0, 0.1) is 0 Å². The number of aryl methyl sites for hydroxylation is 1. The van der Waals surface area contributed by atoms with Gasteiger partial charge in [-0.2, -0.15) is 0 Å². The van der Waals surface area contributed by atoms with Crippen molar-refractivity contribution in [2.75, 3.05) is 14.2 Å². The van der Waals surface area contributed by atoms with Crippen LogP contribution in [0.25, 0.3) is 10.9 Å². The lowest BCUT2D eigenvalue weighted by atomic mass is 9.87. The van der Waals surface area contributed by atoms with Crippen molar-refractivity contribution in [2.24, 2.45) is 0 Å². The summed E-state index contributed by atoms with van der Waals surface area (Å²) in [5.74, 6) is 0.0888. The van der Waals surface area contributed by atoms with Crippen LogP contribution in [0.4, 0.5) is 0 Å². The first-order chi connectivity index (χ1) is 12.6. The Labute approximate surface area is 152 Å². The maximum absolute atomic E-state index is 11.5. The molecule has 0 bridgehead atoms. The largest absolute Gasteiger partial charge is 0.493 e. The highest BCUT2D eigenvalue weighted by Crippen LogP contribution is 2.38. The summed E-state index contributed by atoms with van der Waals surface area (Å²) in [5.41, 5.74) is 4.15. The number of H-pyrrole nitrogens is 1. The molecule has 3 aromatic rings. The number of methoxy groups -OCH3 is 2. The number of carboxylic acids is 1. The number of carbonyl (C=O) groups is 1. The van der Waals surface area contributed by atoms with Gasteiger partial charge in [0.05, 0.1) is 20.6 Å². The minimum absolute atomic E-state index is 0.00120. The van der Waals surface area contributed by atoms with E-state index in [-0.39, 0.29) is 12.3 Å². The zero-order valence-electron chi connectivity index (χ0n) is 15.2. The van der Waals surface area contributed by atoms with E-state index in [9.17, 15) is 9.90 Å². The molecule has 0 spiro atoms. The average molecular weight is 353 g/mol. The number of aromatic nitrogens is 1. The van der Waals surface area contributed by atoms with Gasteiger partial charge in [0, 0.05) is 23.0 Å². The molecule has 1 aromatic heterocycles. The molecule has 0 radical (unpaired) electrons. The Balaban J connectivity index is 2.14. The van der Waals surface area contributed by atoms with Gasteiger partial charge in [-0.25, -0.2) is 0 Å². The lowest BCUT2D eigenvalue weighted by molar-refractivity contribution is -0.137. The number of fused-ring (bicyclic) bond motifs is 1. The molecular weight excluding hydrogens is 330 g/mol. The number of rotatable bonds is 7. The molecule has 2 aromatic carbocycles. The molecule has 0 saturated heterocycles. The van der Waals surface area contributed by atoms with Crippen LogP contribution in [0.1, 0.15) is 36.0 Å². The fourth-order valence-corrected chi connectivity index (χ4v) is 3.47. The van der Waals surface area contributed by atoms with Gasteiger partial charge in [-0.3, -0.25) is 4.79 Å². The maximum atomic E-state index is 11.5. The molecule has 2 N–H and O–H groups in total. The number of carboxylic acid groups (broad SMARTS) is 1. The third-order valence-corrected chi connectivity index (χ3v) is 4.78. The van der Waals surface area contributed by atoms with Gasteiger partial charge in [-0.1, -0.05) is 31.2 Å². The molecule has 0 saturated carbocycles. The van der Waals surface area contributed by atoms with E-state index in [2.05, 4.69) is 18.0 Å². The Bertz CT molecular complexity index is 929. The van der Waals surface area contributed by atoms with Gasteiger partial charge in [0.2, 0.25) is 0 Å². The molecule has 0 aliphatic rings. The van der Waals surface area contributed by atoms with E-state index < -0.39 is 5.97 Å². The zero-order chi connectivity index (χ0) is 18.7. The number of hydrogen-bond acceptors (Lipinski definition) is 3. The average Bonchev–Trinajstić information content (AvgIpc) is 3.09. The molecule has 5 heteroatoms. The SMILES string of the molecule is CCc1cccc2c([C@@H](CC(=O)O)c3ccc(OC)c(OC)c3)c[nH]c12. The summed E-state index contributed by atoms with van der Waals surface area (Å²) in [4.78, 5) is 14.9. The summed E-state index contributed by atoms with van der Waals surface area (Å²) in [7, 11) is 3.16. The summed E-state index contributed by atoms with van der Waals surface area (Å²) < 4.78 is 10.7. The molecule has 136 valence electrons. The van der Waals surface area contributed by atoms with Gasteiger partial charge in [-0.05, 0) is 35.2 Å². The molecule has 26 heavy (non-hydrogen) atoms. The molecule has 1 atom stereocenters. The van der Waals surface area contributed by atoms with Crippen LogP contribution < -0.4 is 9.47 Å². The summed E-state index contributed by atoms with van der Waals surface area (Å²) in [6.07, 6.45) is 2.84. The standard InChI is InChI=1S/C21H23NO4/c1-4-13-6-5-7-15-17(12-22-21(13)15)16(11-20(23)24)14-8-9-18(25-2)19(10-14)26-3/h5-10,12,16,22H,4,11H2,1-3H3,(H,23,24)/t16-/m0/s1. The summed E-state index contributed by atoms with van der Waals surface area (Å²) in [6.45, 7) is 2.11. The highest BCUT2D eigenvalue weighted by molar-refractivity contribution is 5.87. The highest BCUT2D eigenvalue weighted by Gasteiger charge is 2.23. The minimum atomic E-state index is -0.842. The lowest BCUT2D eigenvalue weighted by Crippen LogP contribution is -2.08. The van der Waals surface area contributed by atoms with Crippen molar-refractivity contribution in [3.05, 3.63) is 59.3 Å². The molecule has 0 aliphatic heterocycles. The third kappa shape index (κ3) is 3.25. The van der Waals surface area contributed by atoms with Crippen LogP contribution >= 0.6 is 0 Å². The summed E-state index contributed by atoms with van der Waals surface area (Å²) in [5, 5.41) is 10.5. The van der Waals surface area contributed by atoms with Crippen LogP contribution in [-0.4, -0.2) is 30.3 Å². The number of aliphatic carboxylic acids is 1. The first kappa shape index (κ1) is 17.9. The van der Waals surface area contributed by atoms with Gasteiger partial charge in [0.25, 0.3) is 0 Å². The van der Waals surface area contributed by atoms with E-state index in [0.717, 1.165) is 28.5 Å². The second-order valence-corrected chi connectivity index (χ2v) is 6.20. The van der Waals surface area contributed by atoms with E-state index in [1.807, 2.05) is 36.5 Å². The van der Waals surface area contributed by atoms with Crippen LogP contribution in [0.5, 0.6) is 11.5 Å². The smallest absolute Gasteiger partial charge is 0.304 e. The van der Waals surface area contributed by atoms with E-state index in [1.54, 1.807) is 14.2 Å². The molecule has 0 unspecified atom stereocenters. The monoisotopic (exact) mass is 353 g/mol. The summed E-state index contributed by atoms with van der Waals surface area (Å²) >= 11 is 0. The maximum Gasteiger partial charge on any atom is 0.304 e.